The number of nitrogens with one attached hydrogen (secondary N) is 1. The van der Waals surface area contributed by atoms with Crippen LogP contribution in [0.25, 0.3) is 22.3 Å². The van der Waals surface area contributed by atoms with Gasteiger partial charge in [-0.2, -0.15) is 9.97 Å². The minimum Gasteiger partial charge on any atom is -0.387 e. The Morgan fingerprint density at radius 3 is 2.45 bits per heavy atom. The lowest BCUT2D eigenvalue weighted by Gasteiger charge is -2.18. The summed E-state index contributed by atoms with van der Waals surface area (Å²) in [5.74, 6) is -1.28. The number of anilines is 2. The summed E-state index contributed by atoms with van der Waals surface area (Å²) in [7, 11) is -9.59. The van der Waals surface area contributed by atoms with Crippen molar-refractivity contribution in [2.75, 3.05) is 17.8 Å². The number of imidazole rings is 1. The molecule has 4 aromatic rings. The summed E-state index contributed by atoms with van der Waals surface area (Å²) < 4.78 is 34.8. The third-order valence-electron chi connectivity index (χ3n) is 6.80. The molecule has 18 heteroatoms. The second-order valence-corrected chi connectivity index (χ2v) is 14.0. The fourth-order valence-electron chi connectivity index (χ4n) is 4.96. The smallest absolute Gasteiger partial charge is 0.340 e. The van der Waals surface area contributed by atoms with Crippen molar-refractivity contribution in [1.82, 2.24) is 19.5 Å². The van der Waals surface area contributed by atoms with Crippen molar-refractivity contribution in [2.24, 2.45) is 0 Å². The molecule has 1 fully saturated rings. The molecular formula is C24H22ClN5O10P2. The Kier molecular flexibility index (Phi) is 7.31. The van der Waals surface area contributed by atoms with Crippen LogP contribution in [0.15, 0.2) is 48.8 Å². The van der Waals surface area contributed by atoms with Crippen molar-refractivity contribution in [3.8, 4) is 11.1 Å². The van der Waals surface area contributed by atoms with Crippen LogP contribution in [0.3, 0.4) is 0 Å². The number of rotatable bonds is 8. The zero-order valence-electron chi connectivity index (χ0n) is 21.2. The van der Waals surface area contributed by atoms with Crippen LogP contribution in [0.4, 0.5) is 11.5 Å². The van der Waals surface area contributed by atoms with Gasteiger partial charge in [0.2, 0.25) is 5.28 Å². The average Bonchev–Trinajstić information content (AvgIpc) is 3.54. The first-order valence-electron chi connectivity index (χ1n) is 12.3. The van der Waals surface area contributed by atoms with E-state index in [1.54, 1.807) is 30.3 Å². The number of carbonyl (C=O) groups excluding carboxylic acids is 1. The number of carbonyl (C=O) groups is 1. The number of nitrogens with zero attached hydrogens (tertiary/aromatic N) is 4. The van der Waals surface area contributed by atoms with Crippen molar-refractivity contribution in [3.63, 3.8) is 0 Å². The van der Waals surface area contributed by atoms with Crippen molar-refractivity contribution in [3.05, 3.63) is 65.2 Å². The zero-order chi connectivity index (χ0) is 30.0. The fourth-order valence-corrected chi connectivity index (χ4v) is 7.70. The maximum absolute atomic E-state index is 12.7. The molecule has 0 spiro atoms. The Morgan fingerprint density at radius 1 is 1.00 bits per heavy atom. The summed E-state index contributed by atoms with van der Waals surface area (Å²) in [4.78, 5) is 53.1. The molecule has 0 bridgehead atoms. The Hall–Kier alpha value is -3.07. The molecule has 3 heterocycles. The summed E-state index contributed by atoms with van der Waals surface area (Å²) in [6.07, 6.45) is -4.54. The van der Waals surface area contributed by atoms with Crippen molar-refractivity contribution in [1.29, 1.82) is 0 Å². The van der Waals surface area contributed by atoms with E-state index in [1.807, 2.05) is 12.1 Å². The van der Waals surface area contributed by atoms with Crippen LogP contribution in [0.1, 0.15) is 22.1 Å². The van der Waals surface area contributed by atoms with E-state index in [9.17, 15) is 29.0 Å². The van der Waals surface area contributed by atoms with Crippen molar-refractivity contribution >= 4 is 55.2 Å². The number of aromatic nitrogens is 4. The van der Waals surface area contributed by atoms with Crippen molar-refractivity contribution < 1.29 is 48.1 Å². The summed E-state index contributed by atoms with van der Waals surface area (Å²) in [5, 5.41) is 24.1. The lowest BCUT2D eigenvalue weighted by molar-refractivity contribution is -0.0483. The third-order valence-corrected chi connectivity index (χ3v) is 10.4. The standard InChI is InChI=1S/C24H22ClN5O10P2/c25-24-28-21(27-11-5-6-14-15(7-11)12-3-1-2-4-13(12)18(14)31)17-22(29-24)30(9-26-17)23-20(33)19(32)16(40-23)8-39-42(37,38)10-41(34,35)36/h1-7,9,16,19-20,23,32-33H,8,10H2,(H,37,38)(H,27,28,29)(H2,34,35,36)/t16-,19+,20+,23-/m1/s1. The number of aliphatic hydroxyl groups is 2. The molecule has 1 aliphatic heterocycles. The molecule has 15 nitrogen and oxygen atoms in total. The number of fused-ring (bicyclic) bond motifs is 4. The molecule has 0 amide bonds. The molecule has 42 heavy (non-hydrogen) atoms. The second kappa shape index (κ2) is 10.6. The third kappa shape index (κ3) is 5.40. The summed E-state index contributed by atoms with van der Waals surface area (Å²) >= 11 is 6.21. The Labute approximate surface area is 241 Å². The van der Waals surface area contributed by atoms with Gasteiger partial charge in [0, 0.05) is 16.8 Å². The highest BCUT2D eigenvalue weighted by Crippen LogP contribution is 2.55. The Morgan fingerprint density at radius 2 is 1.71 bits per heavy atom. The number of hydrogen-bond acceptors (Lipinski definition) is 11. The number of halogens is 1. The van der Waals surface area contributed by atoms with Gasteiger partial charge in [-0.05, 0) is 40.9 Å². The van der Waals surface area contributed by atoms with E-state index in [2.05, 4.69) is 20.3 Å². The monoisotopic (exact) mass is 637 g/mol. The van der Waals surface area contributed by atoms with E-state index in [0.29, 0.717) is 16.8 Å². The molecule has 2 aromatic carbocycles. The molecule has 5 atom stereocenters. The van der Waals surface area contributed by atoms with E-state index in [-0.39, 0.29) is 28.0 Å². The van der Waals surface area contributed by atoms with Gasteiger partial charge in [-0.25, -0.2) is 4.98 Å². The molecular weight excluding hydrogens is 616 g/mol. The van der Waals surface area contributed by atoms with Gasteiger partial charge in [0.15, 0.2) is 34.9 Å². The zero-order valence-corrected chi connectivity index (χ0v) is 23.7. The lowest BCUT2D eigenvalue weighted by atomic mass is 10.1. The first kappa shape index (κ1) is 29.0. The molecule has 1 saturated heterocycles. The van der Waals surface area contributed by atoms with Gasteiger partial charge < -0.3 is 39.5 Å². The molecule has 6 N–H and O–H groups in total. The van der Waals surface area contributed by atoms with E-state index in [0.717, 1.165) is 11.1 Å². The van der Waals surface area contributed by atoms with Gasteiger partial charge >= 0.3 is 15.2 Å². The van der Waals surface area contributed by atoms with Crippen LogP contribution in [0, 0.1) is 0 Å². The Bertz CT molecular complexity index is 1830. The first-order chi connectivity index (χ1) is 19.8. The van der Waals surface area contributed by atoms with Crippen LogP contribution < -0.4 is 5.32 Å². The summed E-state index contributed by atoms with van der Waals surface area (Å²) in [5.41, 5.74) is 3.66. The SMILES string of the molecule is O=C1c2ccccc2-c2cc(Nc3nc(Cl)nc4c3ncn4[C@@H]3O[C@H](COP(=O)(O)CP(=O)(O)O)[C@H](O)[C@@H]3O)ccc21. The molecule has 2 aromatic heterocycles. The first-order valence-corrected chi connectivity index (χ1v) is 16.2. The van der Waals surface area contributed by atoms with Gasteiger partial charge in [0.25, 0.3) is 0 Å². The van der Waals surface area contributed by atoms with E-state index in [1.165, 1.54) is 10.9 Å². The normalized spacial score (nSPS) is 23.1. The van der Waals surface area contributed by atoms with Gasteiger partial charge in [0.05, 0.1) is 12.9 Å². The molecule has 1 unspecified atom stereocenters. The van der Waals surface area contributed by atoms with Crippen molar-refractivity contribution in [2.45, 2.75) is 24.5 Å². The van der Waals surface area contributed by atoms with Crippen LogP contribution in [-0.2, 0) is 18.4 Å². The van der Waals surface area contributed by atoms with E-state index >= 15 is 0 Å². The number of hydrogen-bond donors (Lipinski definition) is 6. The lowest BCUT2D eigenvalue weighted by Crippen LogP contribution is -2.33. The minimum absolute atomic E-state index is 0.0667. The maximum Gasteiger partial charge on any atom is 0.340 e. The van der Waals surface area contributed by atoms with Gasteiger partial charge in [-0.1, -0.05) is 24.3 Å². The minimum atomic E-state index is -4.86. The Balaban J connectivity index is 1.26. The number of ether oxygens (including phenoxy) is 1. The van der Waals surface area contributed by atoms with Crippen LogP contribution >= 0.6 is 26.8 Å². The summed E-state index contributed by atoms with van der Waals surface area (Å²) in [6, 6.07) is 12.5. The quantitative estimate of drug-likeness (QED) is 0.106. The second-order valence-electron chi connectivity index (χ2n) is 9.71. The average molecular weight is 638 g/mol. The van der Waals surface area contributed by atoms with Crippen LogP contribution in [-0.4, -0.2) is 81.0 Å². The number of aliphatic hydroxyl groups excluding tert-OH is 2. The predicted octanol–water partition coefficient (Wildman–Crippen LogP) is 2.39. The van der Waals surface area contributed by atoms with Gasteiger partial charge in [-0.3, -0.25) is 18.5 Å². The topological polar surface area (TPSA) is 226 Å². The molecule has 2 aliphatic rings. The number of benzene rings is 2. The largest absolute Gasteiger partial charge is 0.387 e. The fraction of sp³-hybridized carbons (Fsp3) is 0.250. The summed E-state index contributed by atoms with van der Waals surface area (Å²) in [6.45, 7) is -0.748. The number of ketones is 1. The van der Waals surface area contributed by atoms with E-state index in [4.69, 9.17) is 30.6 Å². The molecule has 220 valence electrons. The van der Waals surface area contributed by atoms with E-state index < -0.39 is 52.2 Å². The van der Waals surface area contributed by atoms with Gasteiger partial charge in [0.1, 0.15) is 18.3 Å². The van der Waals surface area contributed by atoms with Crippen LogP contribution in [0.5, 0.6) is 0 Å². The highest BCUT2D eigenvalue weighted by Gasteiger charge is 2.46. The van der Waals surface area contributed by atoms with Gasteiger partial charge in [-0.15, -0.1) is 0 Å². The predicted molar refractivity (Wildman–Crippen MR) is 148 cm³/mol. The molecule has 6 rings (SSSR count). The highest BCUT2D eigenvalue weighted by atomic mass is 35.5. The van der Waals surface area contributed by atoms with Crippen LogP contribution in [0.2, 0.25) is 5.28 Å². The maximum atomic E-state index is 12.7. The molecule has 0 saturated carbocycles. The highest BCUT2D eigenvalue weighted by molar-refractivity contribution is 7.70. The molecule has 1 aliphatic carbocycles. The molecule has 0 radical (unpaired) electrons.